The van der Waals surface area contributed by atoms with Gasteiger partial charge in [0.25, 0.3) is 0 Å². The third kappa shape index (κ3) is 4.56. The van der Waals surface area contributed by atoms with Crippen LogP contribution in [0.3, 0.4) is 0 Å². The molecule has 3 heterocycles. The molecule has 1 aromatic carbocycles. The zero-order valence-corrected chi connectivity index (χ0v) is 20.6. The molecule has 0 spiro atoms. The molecule has 3 aromatic heterocycles. The molecule has 10 heteroatoms. The van der Waals surface area contributed by atoms with Gasteiger partial charge < -0.3 is 15.0 Å². The predicted molar refractivity (Wildman–Crippen MR) is 128 cm³/mol. The van der Waals surface area contributed by atoms with Crippen molar-refractivity contribution < 1.29 is 9.13 Å². The Morgan fingerprint density at radius 1 is 1.19 bits per heavy atom. The minimum Gasteiger partial charge on any atom is -0.482 e. The van der Waals surface area contributed by atoms with E-state index in [2.05, 4.69) is 46.9 Å². The Hall–Kier alpha value is -2.72. The van der Waals surface area contributed by atoms with Crippen LogP contribution in [0.5, 0.6) is 5.75 Å². The van der Waals surface area contributed by atoms with E-state index in [1.54, 1.807) is 24.5 Å². The molecule has 0 fully saturated rings. The number of imidazole rings is 1. The summed E-state index contributed by atoms with van der Waals surface area (Å²) < 4.78 is 25.8. The zero-order chi connectivity index (χ0) is 22.8. The van der Waals surface area contributed by atoms with Crippen molar-refractivity contribution in [1.82, 2.24) is 24.3 Å². The van der Waals surface area contributed by atoms with Gasteiger partial charge in [-0.05, 0) is 70.0 Å². The monoisotopic (exact) mass is 562 g/mol. The molecule has 0 bridgehead atoms. The zero-order valence-electron chi connectivity index (χ0n) is 17.5. The minimum atomic E-state index is -0.501. The lowest BCUT2D eigenvalue weighted by Crippen LogP contribution is -2.10. The third-order valence-corrected chi connectivity index (χ3v) is 6.40. The molecule has 0 aliphatic rings. The van der Waals surface area contributed by atoms with Crippen LogP contribution in [0, 0.1) is 5.82 Å². The van der Waals surface area contributed by atoms with Crippen LogP contribution in [-0.2, 0) is 13.1 Å². The number of aromatic nitrogens is 5. The van der Waals surface area contributed by atoms with E-state index >= 15 is 0 Å². The maximum atomic E-state index is 14.2. The number of hydrogen-bond donors (Lipinski definition) is 1. The van der Waals surface area contributed by atoms with Gasteiger partial charge in [-0.3, -0.25) is 4.68 Å². The van der Waals surface area contributed by atoms with Crippen molar-refractivity contribution >= 4 is 37.7 Å². The van der Waals surface area contributed by atoms with Gasteiger partial charge in [0.05, 0.1) is 12.7 Å². The van der Waals surface area contributed by atoms with Crippen LogP contribution in [0.15, 0.2) is 58.1 Å². The van der Waals surface area contributed by atoms with Crippen LogP contribution < -0.4 is 10.5 Å². The first-order chi connectivity index (χ1) is 15.4. The Labute approximate surface area is 201 Å². The first-order valence-electron chi connectivity index (χ1n) is 9.96. The Balaban J connectivity index is 1.69. The molecule has 1 atom stereocenters. The third-order valence-electron chi connectivity index (χ3n) is 5.04. The van der Waals surface area contributed by atoms with E-state index in [-0.39, 0.29) is 11.6 Å². The van der Waals surface area contributed by atoms with Crippen LogP contribution in [-0.4, -0.2) is 24.3 Å². The lowest BCUT2D eigenvalue weighted by atomic mass is 10.0. The van der Waals surface area contributed by atoms with E-state index in [0.29, 0.717) is 23.7 Å². The van der Waals surface area contributed by atoms with Crippen molar-refractivity contribution in [1.29, 1.82) is 0 Å². The fourth-order valence-corrected chi connectivity index (χ4v) is 4.33. The van der Waals surface area contributed by atoms with Crippen LogP contribution in [0.1, 0.15) is 31.1 Å². The van der Waals surface area contributed by atoms with Gasteiger partial charge in [0.15, 0.2) is 11.6 Å². The Kier molecular flexibility index (Phi) is 6.61. The normalized spacial score (nSPS) is 12.2. The highest BCUT2D eigenvalue weighted by molar-refractivity contribution is 9.10. The summed E-state index contributed by atoms with van der Waals surface area (Å²) in [5.74, 6) is 1.02. The molecular weight excluding hydrogens is 543 g/mol. The van der Waals surface area contributed by atoms with Crippen LogP contribution in [0.4, 0.5) is 10.2 Å². The smallest absolute Gasteiger partial charge is 0.166 e. The molecule has 2 N–H and O–H groups in total. The number of anilines is 1. The number of ether oxygens (including phenoxy) is 1. The van der Waals surface area contributed by atoms with Crippen molar-refractivity contribution in [2.45, 2.75) is 33.0 Å². The maximum Gasteiger partial charge on any atom is 0.166 e. The van der Waals surface area contributed by atoms with Crippen molar-refractivity contribution in [2.75, 3.05) is 5.73 Å². The van der Waals surface area contributed by atoms with Gasteiger partial charge in [-0.2, -0.15) is 5.10 Å². The lowest BCUT2D eigenvalue weighted by Gasteiger charge is -2.20. The van der Waals surface area contributed by atoms with E-state index in [1.165, 1.54) is 12.1 Å². The van der Waals surface area contributed by atoms with Gasteiger partial charge in [-0.15, -0.1) is 0 Å². The number of rotatable bonds is 7. The fraction of sp³-hybridized carbons (Fsp3) is 0.227. The van der Waals surface area contributed by atoms with Gasteiger partial charge in [0.1, 0.15) is 22.3 Å². The average Bonchev–Trinajstić information content (AvgIpc) is 3.37. The summed E-state index contributed by atoms with van der Waals surface area (Å²) in [4.78, 5) is 8.65. The largest absolute Gasteiger partial charge is 0.482 e. The number of nitrogens with zero attached hydrogens (tertiary/aromatic N) is 5. The predicted octanol–water partition coefficient (Wildman–Crippen LogP) is 5.60. The standard InChI is InChI=1S/C22H21Br2FN6O/c1-3-31-20(24)14(10-29-31)12-30-7-6-27-22(30)17-5-4-16(25)9-18(17)13(2)32-19-8-15(23)11-28-21(19)26/h4-11,13H,3,12H2,1-2H3,(H2,26,28). The van der Waals surface area contributed by atoms with E-state index in [1.807, 2.05) is 35.5 Å². The summed E-state index contributed by atoms with van der Waals surface area (Å²) >= 11 is 6.98. The second kappa shape index (κ2) is 9.41. The number of nitrogen functional groups attached to an aromatic ring is 1. The van der Waals surface area contributed by atoms with Gasteiger partial charge in [0, 0.05) is 46.3 Å². The number of aryl methyl sites for hydroxylation is 1. The van der Waals surface area contributed by atoms with Gasteiger partial charge in [-0.25, -0.2) is 14.4 Å². The fourth-order valence-electron chi connectivity index (χ4n) is 3.45. The summed E-state index contributed by atoms with van der Waals surface area (Å²) in [6, 6.07) is 6.34. The van der Waals surface area contributed by atoms with Gasteiger partial charge in [0.2, 0.25) is 0 Å². The van der Waals surface area contributed by atoms with Crippen molar-refractivity contribution in [2.24, 2.45) is 0 Å². The lowest BCUT2D eigenvalue weighted by molar-refractivity contribution is 0.227. The molecule has 0 saturated carbocycles. The molecule has 7 nitrogen and oxygen atoms in total. The van der Waals surface area contributed by atoms with Crippen LogP contribution in [0.2, 0.25) is 0 Å². The Bertz CT molecular complexity index is 1260. The summed E-state index contributed by atoms with van der Waals surface area (Å²) in [7, 11) is 0. The first kappa shape index (κ1) is 22.5. The van der Waals surface area contributed by atoms with Crippen LogP contribution >= 0.6 is 31.9 Å². The van der Waals surface area contributed by atoms with Crippen LogP contribution in [0.25, 0.3) is 11.4 Å². The average molecular weight is 564 g/mol. The molecule has 32 heavy (non-hydrogen) atoms. The molecule has 0 saturated heterocycles. The highest BCUT2D eigenvalue weighted by Crippen LogP contribution is 2.34. The molecular formula is C22H21Br2FN6O. The van der Waals surface area contributed by atoms with E-state index in [9.17, 15) is 4.39 Å². The topological polar surface area (TPSA) is 83.8 Å². The molecule has 0 aliphatic heterocycles. The quantitative estimate of drug-likeness (QED) is 0.316. The number of benzene rings is 1. The molecule has 1 unspecified atom stereocenters. The summed E-state index contributed by atoms with van der Waals surface area (Å²) in [5, 5.41) is 4.38. The van der Waals surface area contributed by atoms with E-state index in [0.717, 1.165) is 26.7 Å². The highest BCUT2D eigenvalue weighted by atomic mass is 79.9. The Morgan fingerprint density at radius 2 is 2.00 bits per heavy atom. The first-order valence-corrected chi connectivity index (χ1v) is 11.5. The van der Waals surface area contributed by atoms with Crippen molar-refractivity contribution in [3.05, 3.63) is 75.1 Å². The second-order valence-electron chi connectivity index (χ2n) is 7.18. The van der Waals surface area contributed by atoms with Crippen molar-refractivity contribution in [3.63, 3.8) is 0 Å². The number of nitrogens with two attached hydrogens (primary N) is 1. The summed E-state index contributed by atoms with van der Waals surface area (Å²) in [5.41, 5.74) is 8.40. The maximum absolute atomic E-state index is 14.2. The summed E-state index contributed by atoms with van der Waals surface area (Å²) in [6.45, 7) is 5.20. The number of halogens is 3. The number of hydrogen-bond acceptors (Lipinski definition) is 5. The molecule has 0 radical (unpaired) electrons. The second-order valence-corrected chi connectivity index (χ2v) is 8.85. The van der Waals surface area contributed by atoms with E-state index in [4.69, 9.17) is 10.5 Å². The Morgan fingerprint density at radius 3 is 2.75 bits per heavy atom. The molecule has 4 rings (SSSR count). The molecule has 0 aliphatic carbocycles. The van der Waals surface area contributed by atoms with Gasteiger partial charge >= 0.3 is 0 Å². The minimum absolute atomic E-state index is 0.261. The highest BCUT2D eigenvalue weighted by Gasteiger charge is 2.20. The molecule has 166 valence electrons. The van der Waals surface area contributed by atoms with Crippen molar-refractivity contribution in [3.8, 4) is 17.1 Å². The SMILES string of the molecule is CCn1ncc(Cn2ccnc2-c2ccc(F)cc2C(C)Oc2cc(Br)cnc2N)c1Br. The summed E-state index contributed by atoms with van der Waals surface area (Å²) in [6.07, 6.45) is 6.54. The van der Waals surface area contributed by atoms with Gasteiger partial charge in [-0.1, -0.05) is 0 Å². The molecule has 4 aromatic rings. The van der Waals surface area contributed by atoms with E-state index < -0.39 is 6.10 Å². The molecule has 0 amide bonds. The number of pyridine rings is 1.